The molecule has 2 aromatic rings. The SMILES string of the molecule is CS(=O)(=O)c1ccc(S(C)(=O)=O)c2c1CCN(Cc1ccc(NS(=O)(=O)C(F)(F)F)cc1)C2=O. The Balaban J connectivity index is 1.92. The van der Waals surface area contributed by atoms with Crippen LogP contribution in [0.5, 0.6) is 0 Å². The Morgan fingerprint density at radius 2 is 1.41 bits per heavy atom. The summed E-state index contributed by atoms with van der Waals surface area (Å²) in [6.45, 7) is -0.0130. The van der Waals surface area contributed by atoms with Crippen molar-refractivity contribution in [3.8, 4) is 0 Å². The van der Waals surface area contributed by atoms with Crippen molar-refractivity contribution in [1.29, 1.82) is 0 Å². The van der Waals surface area contributed by atoms with Gasteiger partial charge in [0, 0.05) is 31.3 Å². The van der Waals surface area contributed by atoms with E-state index in [2.05, 4.69) is 0 Å². The summed E-state index contributed by atoms with van der Waals surface area (Å²) in [7, 11) is -13.2. The molecule has 1 aliphatic heterocycles. The lowest BCUT2D eigenvalue weighted by atomic mass is 9.98. The van der Waals surface area contributed by atoms with Gasteiger partial charge in [0.2, 0.25) is 0 Å². The van der Waals surface area contributed by atoms with Crippen LogP contribution in [0.1, 0.15) is 21.5 Å². The first-order valence-electron chi connectivity index (χ1n) is 9.45. The molecule has 0 spiro atoms. The van der Waals surface area contributed by atoms with Gasteiger partial charge in [0.15, 0.2) is 19.7 Å². The number of carbonyl (C=O) groups excluding carboxylic acids is 1. The number of rotatable bonds is 6. The van der Waals surface area contributed by atoms with E-state index in [-0.39, 0.29) is 46.1 Å². The third-order valence-corrected chi connectivity index (χ3v) is 8.48. The second kappa shape index (κ2) is 8.53. The van der Waals surface area contributed by atoms with E-state index in [1.807, 2.05) is 0 Å². The molecule has 186 valence electrons. The number of sulfone groups is 2. The number of nitrogens with zero attached hydrogens (tertiary/aromatic N) is 1. The highest BCUT2D eigenvalue weighted by Gasteiger charge is 2.46. The van der Waals surface area contributed by atoms with Crippen LogP contribution in [0.2, 0.25) is 0 Å². The number of hydrogen-bond donors (Lipinski definition) is 1. The molecule has 0 unspecified atom stereocenters. The Kier molecular flexibility index (Phi) is 6.52. The van der Waals surface area contributed by atoms with Gasteiger partial charge in [0.1, 0.15) is 0 Å². The average molecular weight is 541 g/mol. The highest BCUT2D eigenvalue weighted by molar-refractivity contribution is 7.93. The number of carbonyl (C=O) groups is 1. The topological polar surface area (TPSA) is 135 Å². The van der Waals surface area contributed by atoms with Gasteiger partial charge in [-0.3, -0.25) is 9.52 Å². The van der Waals surface area contributed by atoms with Crippen LogP contribution in [0.3, 0.4) is 0 Å². The van der Waals surface area contributed by atoms with Crippen LogP contribution in [0.4, 0.5) is 18.9 Å². The van der Waals surface area contributed by atoms with Gasteiger partial charge < -0.3 is 4.90 Å². The molecule has 0 radical (unpaired) electrons. The van der Waals surface area contributed by atoms with Crippen molar-refractivity contribution < 1.29 is 43.2 Å². The minimum atomic E-state index is -5.59. The maximum Gasteiger partial charge on any atom is 0.516 e. The molecule has 1 N–H and O–H groups in total. The van der Waals surface area contributed by atoms with Crippen molar-refractivity contribution in [3.63, 3.8) is 0 Å². The lowest BCUT2D eigenvalue weighted by Crippen LogP contribution is -2.38. The monoisotopic (exact) mass is 540 g/mol. The molecule has 0 aromatic heterocycles. The standard InChI is InChI=1S/C19H19F3N2O7S3/c1-32(26,27)15-7-8-16(33(2,28)29)17-14(15)9-10-24(18(17)25)11-12-3-5-13(6-4-12)23-34(30,31)19(20,21)22/h3-8,23H,9-11H2,1-2H3. The quantitative estimate of drug-likeness (QED) is 0.592. The molecule has 0 aliphatic carbocycles. The highest BCUT2D eigenvalue weighted by Crippen LogP contribution is 2.32. The molecule has 1 amide bonds. The molecular weight excluding hydrogens is 521 g/mol. The van der Waals surface area contributed by atoms with E-state index in [1.165, 1.54) is 21.8 Å². The third-order valence-electron chi connectivity index (χ3n) is 5.05. The molecule has 0 fully saturated rings. The number of amides is 1. The predicted molar refractivity (Wildman–Crippen MR) is 116 cm³/mol. The van der Waals surface area contributed by atoms with Gasteiger partial charge in [0.05, 0.1) is 15.4 Å². The number of alkyl halides is 3. The second-order valence-electron chi connectivity index (χ2n) is 7.68. The fraction of sp³-hybridized carbons (Fsp3) is 0.316. The number of anilines is 1. The first kappa shape index (κ1) is 26.0. The maximum atomic E-state index is 13.2. The molecule has 1 heterocycles. The van der Waals surface area contributed by atoms with E-state index in [9.17, 15) is 43.2 Å². The first-order valence-corrected chi connectivity index (χ1v) is 14.7. The van der Waals surface area contributed by atoms with Gasteiger partial charge in [-0.05, 0) is 41.8 Å². The summed E-state index contributed by atoms with van der Waals surface area (Å²) in [5, 5.41) is 0. The molecule has 1 aliphatic rings. The number of sulfonamides is 1. The minimum Gasteiger partial charge on any atom is -0.334 e. The smallest absolute Gasteiger partial charge is 0.334 e. The van der Waals surface area contributed by atoms with Crippen molar-refractivity contribution in [2.24, 2.45) is 0 Å². The van der Waals surface area contributed by atoms with Crippen LogP contribution >= 0.6 is 0 Å². The number of halogens is 3. The Labute approximate surface area is 194 Å². The van der Waals surface area contributed by atoms with Crippen LogP contribution in [0, 0.1) is 0 Å². The van der Waals surface area contributed by atoms with Gasteiger partial charge in [-0.25, -0.2) is 16.8 Å². The molecule has 0 saturated carbocycles. The van der Waals surface area contributed by atoms with Gasteiger partial charge in [-0.15, -0.1) is 0 Å². The summed E-state index contributed by atoms with van der Waals surface area (Å²) in [6, 6.07) is 7.03. The summed E-state index contributed by atoms with van der Waals surface area (Å²) in [5.74, 6) is -0.714. The van der Waals surface area contributed by atoms with Crippen LogP contribution in [-0.4, -0.2) is 60.6 Å². The molecule has 15 heteroatoms. The molecule has 0 bridgehead atoms. The van der Waals surface area contributed by atoms with Crippen molar-refractivity contribution in [3.05, 3.63) is 53.1 Å². The van der Waals surface area contributed by atoms with Crippen LogP contribution in [0.25, 0.3) is 0 Å². The summed E-state index contributed by atoms with van der Waals surface area (Å²) in [4.78, 5) is 14.0. The van der Waals surface area contributed by atoms with Crippen molar-refractivity contribution >= 4 is 41.3 Å². The summed E-state index contributed by atoms with van der Waals surface area (Å²) >= 11 is 0. The van der Waals surface area contributed by atoms with Crippen molar-refractivity contribution in [2.75, 3.05) is 23.8 Å². The normalized spacial score (nSPS) is 15.2. The highest BCUT2D eigenvalue weighted by atomic mass is 32.2. The zero-order valence-corrected chi connectivity index (χ0v) is 20.2. The molecule has 34 heavy (non-hydrogen) atoms. The molecule has 9 nitrogen and oxygen atoms in total. The summed E-state index contributed by atoms with van der Waals surface area (Å²) in [6.07, 6.45) is 1.92. The number of hydrogen-bond acceptors (Lipinski definition) is 7. The largest absolute Gasteiger partial charge is 0.516 e. The van der Waals surface area contributed by atoms with Crippen molar-refractivity contribution in [1.82, 2.24) is 4.90 Å². The Morgan fingerprint density at radius 3 is 1.91 bits per heavy atom. The zero-order valence-electron chi connectivity index (χ0n) is 17.7. The lowest BCUT2D eigenvalue weighted by molar-refractivity contribution is -0.0429. The van der Waals surface area contributed by atoms with Crippen molar-refractivity contribution in [2.45, 2.75) is 28.3 Å². The summed E-state index contributed by atoms with van der Waals surface area (Å²) < 4.78 is 110. The molecular formula is C19H19F3N2O7S3. The summed E-state index contributed by atoms with van der Waals surface area (Å²) in [5.41, 5.74) is -5.52. The van der Waals surface area contributed by atoms with E-state index in [1.54, 1.807) is 0 Å². The molecule has 3 rings (SSSR count). The molecule has 0 saturated heterocycles. The minimum absolute atomic E-state index is 0.0595. The molecule has 2 aromatic carbocycles. The third kappa shape index (κ3) is 5.20. The van der Waals surface area contributed by atoms with E-state index < -0.39 is 41.1 Å². The fourth-order valence-electron chi connectivity index (χ4n) is 3.52. The van der Waals surface area contributed by atoms with E-state index in [0.717, 1.165) is 36.8 Å². The Morgan fingerprint density at radius 1 is 0.882 bits per heavy atom. The number of nitrogens with one attached hydrogen (secondary N) is 1. The molecule has 0 atom stereocenters. The number of benzene rings is 2. The number of fused-ring (bicyclic) bond motifs is 1. The van der Waals surface area contributed by atoms with E-state index in [4.69, 9.17) is 0 Å². The van der Waals surface area contributed by atoms with Crippen LogP contribution in [0.15, 0.2) is 46.2 Å². The van der Waals surface area contributed by atoms with Gasteiger partial charge in [-0.1, -0.05) is 12.1 Å². The second-order valence-corrected chi connectivity index (χ2v) is 13.3. The Hall–Kier alpha value is -2.65. The van der Waals surface area contributed by atoms with Gasteiger partial charge in [0.25, 0.3) is 5.91 Å². The van der Waals surface area contributed by atoms with Crippen LogP contribution in [-0.2, 0) is 42.7 Å². The first-order chi connectivity index (χ1) is 15.4. The van der Waals surface area contributed by atoms with E-state index >= 15 is 0 Å². The van der Waals surface area contributed by atoms with Gasteiger partial charge >= 0.3 is 15.5 Å². The fourth-order valence-corrected chi connectivity index (χ4v) is 5.94. The average Bonchev–Trinajstić information content (AvgIpc) is 2.68. The van der Waals surface area contributed by atoms with E-state index in [0.29, 0.717) is 5.56 Å². The predicted octanol–water partition coefficient (Wildman–Crippen LogP) is 1.95. The Bertz CT molecular complexity index is 1470. The maximum absolute atomic E-state index is 13.2. The van der Waals surface area contributed by atoms with Crippen LogP contribution < -0.4 is 4.72 Å². The van der Waals surface area contributed by atoms with Gasteiger partial charge in [-0.2, -0.15) is 21.6 Å². The zero-order chi connectivity index (χ0) is 25.7. The lowest BCUT2D eigenvalue weighted by Gasteiger charge is -2.31.